The second kappa shape index (κ2) is 10.0. The minimum Gasteiger partial charge on any atom is -0.471 e. The predicted octanol–water partition coefficient (Wildman–Crippen LogP) is 7.71. The van der Waals surface area contributed by atoms with Crippen molar-refractivity contribution in [2.24, 2.45) is 4.99 Å². The maximum absolute atomic E-state index is 6.67. The van der Waals surface area contributed by atoms with E-state index >= 15 is 0 Å². The smallest absolute Gasteiger partial charge is 0.138 e. The third-order valence-corrected chi connectivity index (χ3v) is 8.17. The Morgan fingerprint density at radius 2 is 1.14 bits per heavy atom. The van der Waals surface area contributed by atoms with Crippen LogP contribution >= 0.6 is 0 Å². The van der Waals surface area contributed by atoms with Crippen molar-refractivity contribution in [1.82, 2.24) is 4.98 Å². The largest absolute Gasteiger partial charge is 0.471 e. The number of aryl methyl sites for hydroxylation is 2. The van der Waals surface area contributed by atoms with Crippen molar-refractivity contribution in [3.8, 4) is 11.3 Å². The number of aromatic amines is 1. The molecule has 1 N–H and O–H groups in total. The Kier molecular flexibility index (Phi) is 5.86. The third-order valence-electron chi connectivity index (χ3n) is 8.17. The summed E-state index contributed by atoms with van der Waals surface area (Å²) >= 11 is 0. The first-order valence-corrected chi connectivity index (χ1v) is 14.4. The second-order valence-corrected chi connectivity index (χ2v) is 11.1. The molecule has 0 atom stereocenters. The van der Waals surface area contributed by atoms with Gasteiger partial charge in [-0.2, -0.15) is 0 Å². The van der Waals surface area contributed by atoms with E-state index in [1.54, 1.807) is 12.5 Å². The molecule has 0 saturated heterocycles. The molecule has 5 heterocycles. The number of hydrogen-bond acceptors (Lipinski definition) is 3. The normalized spacial score (nSPS) is 18.3. The highest BCUT2D eigenvalue weighted by Crippen LogP contribution is 2.39. The monoisotopic (exact) mass is 556 g/mol. The molecular formula is C39H28N2O2. The number of furan rings is 2. The highest BCUT2D eigenvalue weighted by atomic mass is 16.3. The fourth-order valence-corrected chi connectivity index (χ4v) is 5.98. The third kappa shape index (κ3) is 4.36. The Bertz CT molecular complexity index is 2220. The number of rotatable bonds is 3. The van der Waals surface area contributed by atoms with E-state index in [1.807, 2.05) is 18.2 Å². The molecule has 2 aliphatic rings. The van der Waals surface area contributed by atoms with E-state index in [4.69, 9.17) is 13.8 Å². The first-order valence-electron chi connectivity index (χ1n) is 14.4. The van der Waals surface area contributed by atoms with Crippen LogP contribution in [0.3, 0.4) is 0 Å². The Morgan fingerprint density at radius 3 is 1.86 bits per heavy atom. The van der Waals surface area contributed by atoms with Crippen LogP contribution in [0.25, 0.3) is 28.0 Å². The number of allylic oxidation sites excluding steroid dienone is 2. The molecule has 3 aromatic heterocycles. The summed E-state index contributed by atoms with van der Waals surface area (Å²) < 4.78 is 12.5. The number of H-pyrrole nitrogens is 1. The van der Waals surface area contributed by atoms with Gasteiger partial charge in [-0.05, 0) is 67.0 Å². The number of aromatic nitrogens is 1. The lowest BCUT2D eigenvalue weighted by molar-refractivity contribution is 0.555. The van der Waals surface area contributed by atoms with Gasteiger partial charge >= 0.3 is 0 Å². The quantitative estimate of drug-likeness (QED) is 0.243. The molecule has 0 radical (unpaired) electrons. The molecule has 0 amide bonds. The molecule has 0 unspecified atom stereocenters. The molecule has 0 fully saturated rings. The van der Waals surface area contributed by atoms with Crippen molar-refractivity contribution in [3.63, 3.8) is 0 Å². The zero-order valence-electron chi connectivity index (χ0n) is 23.9. The molecule has 2 aliphatic heterocycles. The van der Waals surface area contributed by atoms with E-state index in [-0.39, 0.29) is 0 Å². The van der Waals surface area contributed by atoms with E-state index in [0.717, 1.165) is 78.2 Å². The number of aliphatic imine (C=N–C) groups is 1. The number of nitrogens with zero attached hydrogens (tertiary/aromatic N) is 1. The van der Waals surface area contributed by atoms with Gasteiger partial charge in [-0.1, -0.05) is 90.0 Å². The van der Waals surface area contributed by atoms with Crippen molar-refractivity contribution in [2.45, 2.75) is 13.8 Å². The second-order valence-electron chi connectivity index (χ2n) is 11.1. The van der Waals surface area contributed by atoms with Crippen molar-refractivity contribution >= 4 is 22.4 Å². The topological polar surface area (TPSA) is 54.4 Å². The van der Waals surface area contributed by atoms with Crippen molar-refractivity contribution in [2.75, 3.05) is 0 Å². The van der Waals surface area contributed by atoms with Crippen LogP contribution in [0.5, 0.6) is 0 Å². The fraction of sp³-hybridized carbons (Fsp3) is 0.0513. The summed E-state index contributed by atoms with van der Waals surface area (Å²) in [5.74, 6) is 1.51. The summed E-state index contributed by atoms with van der Waals surface area (Å²) in [5, 5.41) is 1.96. The Hall–Kier alpha value is -5.61. The first-order chi connectivity index (χ1) is 21.1. The Balaban J connectivity index is 1.50. The van der Waals surface area contributed by atoms with Gasteiger partial charge in [0.2, 0.25) is 0 Å². The van der Waals surface area contributed by atoms with E-state index in [0.29, 0.717) is 0 Å². The fourth-order valence-electron chi connectivity index (χ4n) is 5.98. The van der Waals surface area contributed by atoms with Gasteiger partial charge < -0.3 is 13.8 Å². The van der Waals surface area contributed by atoms with Gasteiger partial charge in [-0.15, -0.1) is 0 Å². The minimum atomic E-state index is 0.735. The zero-order valence-corrected chi connectivity index (χ0v) is 23.9. The number of benzene rings is 3. The Morgan fingerprint density at radius 1 is 0.535 bits per heavy atom. The molecule has 43 heavy (non-hydrogen) atoms. The molecule has 0 aliphatic carbocycles. The minimum absolute atomic E-state index is 0.735. The highest BCUT2D eigenvalue weighted by molar-refractivity contribution is 6.30. The van der Waals surface area contributed by atoms with Gasteiger partial charge in [0, 0.05) is 27.6 Å². The van der Waals surface area contributed by atoms with Gasteiger partial charge in [-0.3, -0.25) is 0 Å². The molecule has 4 nitrogen and oxygen atoms in total. The SMILES string of the molecule is Cc1ccc(/C2=c3\cc/c([nH]3)=C(\c3ccc(C)cc3)c3ccc(o3)-c3cocc3/C(c3ccccc3)=C3/C=CC2=N3)cc1. The van der Waals surface area contributed by atoms with Crippen LogP contribution in [0.15, 0.2) is 147 Å². The molecule has 0 saturated carbocycles. The summed E-state index contributed by atoms with van der Waals surface area (Å²) in [7, 11) is 0. The van der Waals surface area contributed by atoms with Crippen molar-refractivity contribution in [3.05, 3.63) is 183 Å². The predicted molar refractivity (Wildman–Crippen MR) is 172 cm³/mol. The van der Waals surface area contributed by atoms with Crippen LogP contribution < -0.4 is 10.7 Å². The average molecular weight is 557 g/mol. The molecule has 8 rings (SSSR count). The highest BCUT2D eigenvalue weighted by Gasteiger charge is 2.24. The van der Waals surface area contributed by atoms with E-state index < -0.39 is 0 Å². The van der Waals surface area contributed by atoms with Gasteiger partial charge in [0.05, 0.1) is 28.6 Å². The summed E-state index contributed by atoms with van der Waals surface area (Å²) in [6.07, 6.45) is 7.77. The number of hydrogen-bond donors (Lipinski definition) is 1. The summed E-state index contributed by atoms with van der Waals surface area (Å²) in [6, 6.07) is 35.9. The average Bonchev–Trinajstić information content (AvgIpc) is 3.85. The number of fused-ring (bicyclic) bond motifs is 7. The summed E-state index contributed by atoms with van der Waals surface area (Å²) in [5.41, 5.74) is 12.2. The molecule has 206 valence electrons. The van der Waals surface area contributed by atoms with E-state index in [2.05, 4.69) is 116 Å². The molecule has 0 spiro atoms. The molecular weight excluding hydrogens is 528 g/mol. The zero-order chi connectivity index (χ0) is 28.9. The van der Waals surface area contributed by atoms with Gasteiger partial charge in [-0.25, -0.2) is 4.99 Å². The summed E-state index contributed by atoms with van der Waals surface area (Å²) in [4.78, 5) is 9.03. The molecule has 3 aromatic carbocycles. The van der Waals surface area contributed by atoms with Gasteiger partial charge in [0.15, 0.2) is 0 Å². The van der Waals surface area contributed by atoms with E-state index in [1.165, 1.54) is 11.1 Å². The van der Waals surface area contributed by atoms with Crippen LogP contribution in [-0.2, 0) is 0 Å². The van der Waals surface area contributed by atoms with Crippen LogP contribution in [0.1, 0.15) is 39.1 Å². The lowest BCUT2D eigenvalue weighted by Gasteiger charge is -2.11. The van der Waals surface area contributed by atoms with Crippen LogP contribution in [0.2, 0.25) is 0 Å². The lowest BCUT2D eigenvalue weighted by Crippen LogP contribution is -2.19. The molecule has 4 heteroatoms. The standard InChI is InChI=1S/C39H28N2O2/c1-24-8-12-27(13-9-24)38-32-17-16-31(40-32)37(26-6-4-3-5-7-26)30-23-42-22-29(30)35-20-21-36(43-35)39(34-19-18-33(38)41-34)28-14-10-25(2)11-15-28/h3-23,41H,1-2H3/b37-31-,38-33-,39-34-. The van der Waals surface area contributed by atoms with E-state index in [9.17, 15) is 0 Å². The van der Waals surface area contributed by atoms with Crippen molar-refractivity contribution < 1.29 is 8.83 Å². The summed E-state index contributed by atoms with van der Waals surface area (Å²) in [6.45, 7) is 4.21. The number of nitrogens with one attached hydrogen (secondary N) is 1. The first kappa shape index (κ1) is 25.1. The van der Waals surface area contributed by atoms with Crippen LogP contribution in [0, 0.1) is 13.8 Å². The van der Waals surface area contributed by atoms with Crippen molar-refractivity contribution in [1.29, 1.82) is 0 Å². The maximum atomic E-state index is 6.67. The molecule has 6 bridgehead atoms. The van der Waals surface area contributed by atoms with Gasteiger partial charge in [0.1, 0.15) is 17.8 Å². The maximum Gasteiger partial charge on any atom is 0.138 e. The molecule has 6 aromatic rings. The Labute approximate surface area is 249 Å². The van der Waals surface area contributed by atoms with Crippen LogP contribution in [0.4, 0.5) is 0 Å². The van der Waals surface area contributed by atoms with Gasteiger partial charge in [0.25, 0.3) is 0 Å². The van der Waals surface area contributed by atoms with Crippen LogP contribution in [-0.4, -0.2) is 10.7 Å². The lowest BCUT2D eigenvalue weighted by atomic mass is 9.94.